The van der Waals surface area contributed by atoms with E-state index >= 15 is 0 Å². The number of para-hydroxylation sites is 1. The zero-order chi connectivity index (χ0) is 13.1. The molecule has 2 aromatic carbocycles. The Kier molecular flexibility index (Phi) is 1.86. The number of benzene rings is 2. The summed E-state index contributed by atoms with van der Waals surface area (Å²) in [5, 5.41) is 3.23. The Morgan fingerprint density at radius 2 is 1.68 bits per heavy atom. The third-order valence-electron chi connectivity index (χ3n) is 3.99. The lowest BCUT2D eigenvalue weighted by Crippen LogP contribution is -2.07. The van der Waals surface area contributed by atoms with Crippen molar-refractivity contribution in [3.63, 3.8) is 0 Å². The van der Waals surface area contributed by atoms with Crippen LogP contribution in [0, 0.1) is 13.8 Å². The van der Waals surface area contributed by atoms with Crippen molar-refractivity contribution >= 4 is 27.2 Å². The SMILES string of the molecule is Cc1cn2c3ccccc3c3c(C)ccc(c1=O)c32. The number of pyridine rings is 1. The first-order valence-corrected chi connectivity index (χ1v) is 6.44. The lowest BCUT2D eigenvalue weighted by atomic mass is 10.0. The quantitative estimate of drug-likeness (QED) is 0.464. The summed E-state index contributed by atoms with van der Waals surface area (Å²) >= 11 is 0. The van der Waals surface area contributed by atoms with Gasteiger partial charge in [0.15, 0.2) is 5.43 Å². The minimum Gasteiger partial charge on any atom is -0.315 e. The molecule has 0 spiro atoms. The van der Waals surface area contributed by atoms with Crippen molar-refractivity contribution in [3.05, 3.63) is 63.9 Å². The third-order valence-corrected chi connectivity index (χ3v) is 3.99. The van der Waals surface area contributed by atoms with Gasteiger partial charge < -0.3 is 4.40 Å². The summed E-state index contributed by atoms with van der Waals surface area (Å²) in [6.45, 7) is 3.98. The maximum Gasteiger partial charge on any atom is 0.192 e. The van der Waals surface area contributed by atoms with Crippen molar-refractivity contribution in [1.82, 2.24) is 4.40 Å². The van der Waals surface area contributed by atoms with Crippen molar-refractivity contribution in [2.24, 2.45) is 0 Å². The molecular formula is C17H13NO. The predicted octanol–water partition coefficient (Wildman–Crippen LogP) is 3.66. The van der Waals surface area contributed by atoms with Gasteiger partial charge in [-0.25, -0.2) is 0 Å². The monoisotopic (exact) mass is 247 g/mol. The zero-order valence-corrected chi connectivity index (χ0v) is 10.9. The van der Waals surface area contributed by atoms with Gasteiger partial charge in [0, 0.05) is 27.9 Å². The van der Waals surface area contributed by atoms with Crippen LogP contribution in [0.4, 0.5) is 0 Å². The summed E-state index contributed by atoms with van der Waals surface area (Å²) in [6.07, 6.45) is 1.96. The van der Waals surface area contributed by atoms with Gasteiger partial charge in [0.25, 0.3) is 0 Å². The number of hydrogen-bond donors (Lipinski definition) is 0. The zero-order valence-electron chi connectivity index (χ0n) is 10.9. The largest absolute Gasteiger partial charge is 0.315 e. The summed E-state index contributed by atoms with van der Waals surface area (Å²) in [6, 6.07) is 12.3. The van der Waals surface area contributed by atoms with Crippen LogP contribution in [0.15, 0.2) is 47.4 Å². The van der Waals surface area contributed by atoms with Crippen molar-refractivity contribution in [2.45, 2.75) is 13.8 Å². The number of nitrogens with zero attached hydrogens (tertiary/aromatic N) is 1. The molecule has 4 aromatic rings. The van der Waals surface area contributed by atoms with Gasteiger partial charge in [-0.05, 0) is 31.5 Å². The fourth-order valence-electron chi connectivity index (χ4n) is 3.08. The molecule has 0 unspecified atom stereocenters. The van der Waals surface area contributed by atoms with Gasteiger partial charge in [-0.15, -0.1) is 0 Å². The van der Waals surface area contributed by atoms with Gasteiger partial charge in [0.05, 0.1) is 11.0 Å². The van der Waals surface area contributed by atoms with Crippen molar-refractivity contribution in [1.29, 1.82) is 0 Å². The normalized spacial score (nSPS) is 11.9. The lowest BCUT2D eigenvalue weighted by molar-refractivity contribution is 1.21. The van der Waals surface area contributed by atoms with Gasteiger partial charge >= 0.3 is 0 Å². The van der Waals surface area contributed by atoms with Crippen molar-refractivity contribution in [3.8, 4) is 0 Å². The third kappa shape index (κ3) is 1.18. The van der Waals surface area contributed by atoms with E-state index in [0.29, 0.717) is 0 Å². The van der Waals surface area contributed by atoms with E-state index < -0.39 is 0 Å². The van der Waals surface area contributed by atoms with Crippen LogP contribution in [0.2, 0.25) is 0 Å². The van der Waals surface area contributed by atoms with Gasteiger partial charge in [0.2, 0.25) is 0 Å². The second kappa shape index (κ2) is 3.35. The van der Waals surface area contributed by atoms with Crippen LogP contribution >= 0.6 is 0 Å². The molecular weight excluding hydrogens is 234 g/mol. The fourth-order valence-corrected chi connectivity index (χ4v) is 3.08. The molecule has 2 aromatic heterocycles. The molecule has 0 saturated heterocycles. The highest BCUT2D eigenvalue weighted by molar-refractivity contribution is 6.15. The molecule has 2 heterocycles. The summed E-state index contributed by atoms with van der Waals surface area (Å²) in [7, 11) is 0. The summed E-state index contributed by atoms with van der Waals surface area (Å²) in [4.78, 5) is 12.3. The average Bonchev–Trinajstić information content (AvgIpc) is 2.74. The molecule has 2 heteroatoms. The van der Waals surface area contributed by atoms with Crippen molar-refractivity contribution < 1.29 is 0 Å². The van der Waals surface area contributed by atoms with E-state index in [2.05, 4.69) is 29.5 Å². The number of aryl methyl sites for hydroxylation is 2. The molecule has 0 amide bonds. The molecule has 0 fully saturated rings. The number of fused-ring (bicyclic) bond motifs is 3. The van der Waals surface area contributed by atoms with E-state index in [1.165, 1.54) is 21.9 Å². The van der Waals surface area contributed by atoms with Crippen LogP contribution in [0.3, 0.4) is 0 Å². The highest BCUT2D eigenvalue weighted by Crippen LogP contribution is 2.32. The minimum atomic E-state index is 0.139. The Morgan fingerprint density at radius 3 is 2.53 bits per heavy atom. The van der Waals surface area contributed by atoms with E-state index in [-0.39, 0.29) is 5.43 Å². The average molecular weight is 247 g/mol. The molecule has 0 aliphatic rings. The van der Waals surface area contributed by atoms with Gasteiger partial charge in [-0.2, -0.15) is 0 Å². The highest BCUT2D eigenvalue weighted by atomic mass is 16.1. The van der Waals surface area contributed by atoms with Gasteiger partial charge in [-0.3, -0.25) is 4.79 Å². The van der Waals surface area contributed by atoms with Crippen LogP contribution in [0.5, 0.6) is 0 Å². The Morgan fingerprint density at radius 1 is 0.895 bits per heavy atom. The molecule has 4 rings (SSSR count). The number of aromatic nitrogens is 1. The Bertz CT molecular complexity index is 995. The van der Waals surface area contributed by atoms with Crippen LogP contribution in [0.25, 0.3) is 27.2 Å². The molecule has 92 valence electrons. The summed E-state index contributed by atoms with van der Waals surface area (Å²) < 4.78 is 2.16. The second-order valence-corrected chi connectivity index (χ2v) is 5.18. The number of hydrogen-bond acceptors (Lipinski definition) is 1. The molecule has 0 bridgehead atoms. The topological polar surface area (TPSA) is 21.5 Å². The van der Waals surface area contributed by atoms with E-state index in [4.69, 9.17) is 0 Å². The Labute approximate surface area is 110 Å². The van der Waals surface area contributed by atoms with Crippen LogP contribution in [0.1, 0.15) is 11.1 Å². The smallest absolute Gasteiger partial charge is 0.192 e. The molecule has 0 saturated carbocycles. The van der Waals surface area contributed by atoms with Gasteiger partial charge in [-0.1, -0.05) is 24.3 Å². The number of rotatable bonds is 0. The Balaban J connectivity index is 2.53. The first-order chi connectivity index (χ1) is 9.18. The molecule has 0 aliphatic heterocycles. The van der Waals surface area contributed by atoms with E-state index in [0.717, 1.165) is 16.5 Å². The maximum absolute atomic E-state index is 12.3. The van der Waals surface area contributed by atoms with Crippen LogP contribution < -0.4 is 5.43 Å². The standard InChI is InChI=1S/C17H13NO/c1-10-7-8-13-16-15(10)12-5-3-4-6-14(12)18(16)9-11(2)17(13)19/h3-9H,1-2H3. The van der Waals surface area contributed by atoms with E-state index in [1.807, 2.05) is 31.3 Å². The predicted molar refractivity (Wildman–Crippen MR) is 79.3 cm³/mol. The minimum absolute atomic E-state index is 0.139. The molecule has 2 nitrogen and oxygen atoms in total. The molecule has 0 radical (unpaired) electrons. The van der Waals surface area contributed by atoms with Gasteiger partial charge in [0.1, 0.15) is 0 Å². The fraction of sp³-hybridized carbons (Fsp3) is 0.118. The second-order valence-electron chi connectivity index (χ2n) is 5.18. The highest BCUT2D eigenvalue weighted by Gasteiger charge is 2.15. The van der Waals surface area contributed by atoms with E-state index in [9.17, 15) is 4.79 Å². The molecule has 0 atom stereocenters. The Hall–Kier alpha value is -2.35. The lowest BCUT2D eigenvalue weighted by Gasteiger charge is -2.04. The first kappa shape index (κ1) is 10.6. The molecule has 19 heavy (non-hydrogen) atoms. The maximum atomic E-state index is 12.3. The summed E-state index contributed by atoms with van der Waals surface area (Å²) in [5.74, 6) is 0. The summed E-state index contributed by atoms with van der Waals surface area (Å²) in [5.41, 5.74) is 4.37. The van der Waals surface area contributed by atoms with Crippen LogP contribution in [-0.2, 0) is 0 Å². The first-order valence-electron chi connectivity index (χ1n) is 6.44. The molecule has 0 aliphatic carbocycles. The van der Waals surface area contributed by atoms with Crippen molar-refractivity contribution in [2.75, 3.05) is 0 Å². The van der Waals surface area contributed by atoms with Crippen LogP contribution in [-0.4, -0.2) is 4.40 Å². The molecule has 0 N–H and O–H groups in total. The van der Waals surface area contributed by atoms with E-state index in [1.54, 1.807) is 0 Å².